The lowest BCUT2D eigenvalue weighted by Crippen LogP contribution is -2.34. The zero-order valence-corrected chi connectivity index (χ0v) is 13.8. The summed E-state index contributed by atoms with van der Waals surface area (Å²) < 4.78 is 1.72. The van der Waals surface area contributed by atoms with E-state index in [4.69, 9.17) is 23.2 Å². The summed E-state index contributed by atoms with van der Waals surface area (Å²) in [6.45, 7) is 3.10. The lowest BCUT2D eigenvalue weighted by Gasteiger charge is -2.19. The van der Waals surface area contributed by atoms with Crippen molar-refractivity contribution in [2.45, 2.75) is 32.2 Å². The largest absolute Gasteiger partial charge is 0.313 e. The Hall–Kier alpha value is -1.10. The lowest BCUT2D eigenvalue weighted by atomic mass is 10.0. The minimum absolute atomic E-state index is 0.235. The third-order valence-corrected chi connectivity index (χ3v) is 4.01. The van der Waals surface area contributed by atoms with Crippen molar-refractivity contribution in [2.24, 2.45) is 7.05 Å². The van der Waals surface area contributed by atoms with Crippen LogP contribution in [0.2, 0.25) is 10.0 Å². The van der Waals surface area contributed by atoms with Crippen LogP contribution in [0, 0.1) is 0 Å². The molecule has 114 valence electrons. The molecule has 0 saturated heterocycles. The molecular weight excluding hydrogens is 307 g/mol. The summed E-state index contributed by atoms with van der Waals surface area (Å²) in [7, 11) is 1.87. The Morgan fingerprint density at radius 1 is 1.24 bits per heavy atom. The van der Waals surface area contributed by atoms with Gasteiger partial charge in [-0.15, -0.1) is 5.10 Å². The van der Waals surface area contributed by atoms with E-state index >= 15 is 0 Å². The van der Waals surface area contributed by atoms with E-state index in [0.29, 0.717) is 10.0 Å². The highest BCUT2D eigenvalue weighted by molar-refractivity contribution is 6.36. The van der Waals surface area contributed by atoms with Crippen LogP contribution in [0.25, 0.3) is 0 Å². The van der Waals surface area contributed by atoms with Crippen LogP contribution >= 0.6 is 23.2 Å². The molecule has 1 heterocycles. The predicted octanol–water partition coefficient (Wildman–Crippen LogP) is 3.28. The highest BCUT2D eigenvalue weighted by Crippen LogP contribution is 2.26. The van der Waals surface area contributed by atoms with Gasteiger partial charge in [0, 0.05) is 35.8 Å². The van der Waals surface area contributed by atoms with Gasteiger partial charge in [0.15, 0.2) is 0 Å². The first-order chi connectivity index (χ1) is 10.1. The predicted molar refractivity (Wildman–Crippen MR) is 87.0 cm³/mol. The number of rotatable bonds is 7. The Bertz CT molecular complexity index is 563. The van der Waals surface area contributed by atoms with E-state index in [1.165, 1.54) is 0 Å². The maximum absolute atomic E-state index is 6.27. The molecule has 1 aromatic heterocycles. The Morgan fingerprint density at radius 2 is 1.95 bits per heavy atom. The topological polar surface area (TPSA) is 42.7 Å². The third-order valence-electron chi connectivity index (χ3n) is 3.30. The van der Waals surface area contributed by atoms with Crippen molar-refractivity contribution in [3.8, 4) is 0 Å². The normalized spacial score (nSPS) is 12.6. The van der Waals surface area contributed by atoms with Crippen LogP contribution in [-0.2, 0) is 19.9 Å². The minimum Gasteiger partial charge on any atom is -0.313 e. The number of hydrogen-bond acceptors (Lipinski definition) is 3. The van der Waals surface area contributed by atoms with E-state index in [-0.39, 0.29) is 6.04 Å². The number of benzene rings is 1. The number of nitrogens with one attached hydrogen (secondary N) is 1. The van der Waals surface area contributed by atoms with Crippen molar-refractivity contribution in [3.05, 3.63) is 45.7 Å². The van der Waals surface area contributed by atoms with Gasteiger partial charge in [0.2, 0.25) is 0 Å². The number of hydrogen-bond donors (Lipinski definition) is 1. The van der Waals surface area contributed by atoms with Gasteiger partial charge in [0.1, 0.15) is 0 Å². The van der Waals surface area contributed by atoms with Gasteiger partial charge in [0.05, 0.1) is 5.69 Å². The molecule has 6 heteroatoms. The summed E-state index contributed by atoms with van der Waals surface area (Å²) in [5.41, 5.74) is 1.95. The maximum Gasteiger partial charge on any atom is 0.0842 e. The second kappa shape index (κ2) is 7.78. The summed E-state index contributed by atoms with van der Waals surface area (Å²) in [5.74, 6) is 0. The third kappa shape index (κ3) is 4.70. The van der Waals surface area contributed by atoms with Gasteiger partial charge in [-0.2, -0.15) is 0 Å². The zero-order valence-electron chi connectivity index (χ0n) is 12.3. The first-order valence-electron chi connectivity index (χ1n) is 7.11. The molecule has 0 amide bonds. The van der Waals surface area contributed by atoms with Crippen molar-refractivity contribution >= 4 is 23.2 Å². The fraction of sp³-hybridized carbons (Fsp3) is 0.467. The van der Waals surface area contributed by atoms with E-state index in [9.17, 15) is 0 Å². The van der Waals surface area contributed by atoms with Crippen LogP contribution in [0.5, 0.6) is 0 Å². The molecule has 1 N–H and O–H groups in total. The molecule has 0 fully saturated rings. The Kier molecular flexibility index (Phi) is 6.03. The Morgan fingerprint density at radius 3 is 2.52 bits per heavy atom. The monoisotopic (exact) mass is 326 g/mol. The van der Waals surface area contributed by atoms with Crippen LogP contribution in [0.4, 0.5) is 0 Å². The molecule has 4 nitrogen and oxygen atoms in total. The summed E-state index contributed by atoms with van der Waals surface area (Å²) in [5, 5.41) is 13.1. The average Bonchev–Trinajstić information content (AvgIpc) is 2.85. The minimum atomic E-state index is 0.235. The molecule has 1 aromatic carbocycles. The fourth-order valence-electron chi connectivity index (χ4n) is 2.28. The van der Waals surface area contributed by atoms with Crippen molar-refractivity contribution in [3.63, 3.8) is 0 Å². The molecule has 0 spiro atoms. The number of aromatic nitrogens is 3. The van der Waals surface area contributed by atoms with Crippen molar-refractivity contribution in [1.82, 2.24) is 20.3 Å². The van der Waals surface area contributed by atoms with Crippen molar-refractivity contribution in [1.29, 1.82) is 0 Å². The van der Waals surface area contributed by atoms with Gasteiger partial charge < -0.3 is 5.32 Å². The van der Waals surface area contributed by atoms with Crippen LogP contribution in [-0.4, -0.2) is 27.6 Å². The zero-order chi connectivity index (χ0) is 15.2. The molecule has 21 heavy (non-hydrogen) atoms. The summed E-state index contributed by atoms with van der Waals surface area (Å²) in [6, 6.07) is 5.86. The molecule has 1 atom stereocenters. The second-order valence-corrected chi connectivity index (χ2v) is 5.96. The summed E-state index contributed by atoms with van der Waals surface area (Å²) in [6.07, 6.45) is 4.59. The van der Waals surface area contributed by atoms with Crippen LogP contribution in [0.3, 0.4) is 0 Å². The molecule has 0 aliphatic carbocycles. The molecule has 2 aromatic rings. The fourth-order valence-corrected chi connectivity index (χ4v) is 2.83. The lowest BCUT2D eigenvalue weighted by molar-refractivity contribution is 0.500. The quantitative estimate of drug-likeness (QED) is 0.849. The first kappa shape index (κ1) is 16.3. The molecule has 0 bridgehead atoms. The highest BCUT2D eigenvalue weighted by atomic mass is 35.5. The van der Waals surface area contributed by atoms with Gasteiger partial charge in [-0.3, -0.25) is 4.68 Å². The molecule has 0 aliphatic rings. The SMILES string of the molecule is CCCNC(Cc1cn(C)nn1)Cc1c(Cl)cccc1Cl. The van der Waals surface area contributed by atoms with Crippen molar-refractivity contribution in [2.75, 3.05) is 6.54 Å². The van der Waals surface area contributed by atoms with E-state index in [0.717, 1.165) is 37.1 Å². The van der Waals surface area contributed by atoms with E-state index < -0.39 is 0 Å². The highest BCUT2D eigenvalue weighted by Gasteiger charge is 2.15. The Labute approximate surface area is 135 Å². The second-order valence-electron chi connectivity index (χ2n) is 5.14. The summed E-state index contributed by atoms with van der Waals surface area (Å²) >= 11 is 12.5. The van der Waals surface area contributed by atoms with E-state index in [1.54, 1.807) is 4.68 Å². The molecular formula is C15H20Cl2N4. The van der Waals surface area contributed by atoms with Gasteiger partial charge in [-0.1, -0.05) is 41.4 Å². The van der Waals surface area contributed by atoms with Gasteiger partial charge in [0.25, 0.3) is 0 Å². The molecule has 0 aliphatic heterocycles. The van der Waals surface area contributed by atoms with Gasteiger partial charge in [-0.05, 0) is 37.1 Å². The molecule has 2 rings (SSSR count). The first-order valence-corrected chi connectivity index (χ1v) is 7.87. The average molecular weight is 327 g/mol. The van der Waals surface area contributed by atoms with Crippen molar-refractivity contribution < 1.29 is 0 Å². The van der Waals surface area contributed by atoms with Crippen LogP contribution < -0.4 is 5.32 Å². The molecule has 1 unspecified atom stereocenters. The number of halogens is 2. The molecule has 0 saturated carbocycles. The number of nitrogens with zero attached hydrogens (tertiary/aromatic N) is 3. The van der Waals surface area contributed by atoms with E-state index in [1.807, 2.05) is 31.4 Å². The van der Waals surface area contributed by atoms with Crippen LogP contribution in [0.15, 0.2) is 24.4 Å². The molecule has 0 radical (unpaired) electrons. The smallest absolute Gasteiger partial charge is 0.0842 e. The van der Waals surface area contributed by atoms with Gasteiger partial charge in [-0.25, -0.2) is 0 Å². The van der Waals surface area contributed by atoms with Gasteiger partial charge >= 0.3 is 0 Å². The van der Waals surface area contributed by atoms with Crippen LogP contribution in [0.1, 0.15) is 24.6 Å². The van der Waals surface area contributed by atoms with E-state index in [2.05, 4.69) is 22.6 Å². The standard InChI is InChI=1S/C15H20Cl2N4/c1-3-7-18-11(8-12-10-21(2)20-19-12)9-13-14(16)5-4-6-15(13)17/h4-6,10-11,18H,3,7-9H2,1-2H3. The Balaban J connectivity index is 2.12. The summed E-state index contributed by atoms with van der Waals surface area (Å²) in [4.78, 5) is 0. The maximum atomic E-state index is 6.27. The number of aryl methyl sites for hydroxylation is 1.